The average molecular weight is 183 g/mol. The molecule has 1 saturated heterocycles. The van der Waals surface area contributed by atoms with E-state index >= 15 is 0 Å². The summed E-state index contributed by atoms with van der Waals surface area (Å²) in [6.07, 6.45) is 5.51. The Morgan fingerprint density at radius 2 is 2.08 bits per heavy atom. The van der Waals surface area contributed by atoms with Gasteiger partial charge in [-0.1, -0.05) is 6.92 Å². The van der Waals surface area contributed by atoms with Crippen molar-refractivity contribution in [1.29, 1.82) is 0 Å². The van der Waals surface area contributed by atoms with Crippen LogP contribution in [0.4, 0.5) is 0 Å². The lowest BCUT2D eigenvalue weighted by atomic mass is 10.0. The maximum absolute atomic E-state index is 5.45. The minimum atomic E-state index is 0.713. The molecule has 0 amide bonds. The number of hydrogen-bond donors (Lipinski definition) is 0. The zero-order valence-electron chi connectivity index (χ0n) is 8.72. The maximum atomic E-state index is 5.45. The fourth-order valence-corrected chi connectivity index (χ4v) is 2.23. The lowest BCUT2D eigenvalue weighted by Gasteiger charge is -2.24. The summed E-state index contributed by atoms with van der Waals surface area (Å²) in [5, 5.41) is 0. The van der Waals surface area contributed by atoms with E-state index in [1.807, 2.05) is 0 Å². The van der Waals surface area contributed by atoms with Crippen LogP contribution in [0.25, 0.3) is 0 Å². The minimum Gasteiger partial charge on any atom is -0.380 e. The molecule has 1 aliphatic heterocycles. The fourth-order valence-electron chi connectivity index (χ4n) is 2.23. The monoisotopic (exact) mass is 183 g/mol. The van der Waals surface area contributed by atoms with Gasteiger partial charge in [0.25, 0.3) is 0 Å². The average Bonchev–Trinajstić information content (AvgIpc) is 2.92. The summed E-state index contributed by atoms with van der Waals surface area (Å²) in [6.45, 7) is 7.98. The summed E-state index contributed by atoms with van der Waals surface area (Å²) in [5.41, 5.74) is 0.713. The van der Waals surface area contributed by atoms with Crippen LogP contribution in [0.3, 0.4) is 0 Å². The van der Waals surface area contributed by atoms with Crippen LogP contribution in [-0.2, 0) is 4.74 Å². The van der Waals surface area contributed by atoms with Gasteiger partial charge in [0, 0.05) is 26.2 Å². The van der Waals surface area contributed by atoms with Crippen LogP contribution in [0, 0.1) is 5.41 Å². The molecule has 1 heterocycles. The number of ether oxygens (including phenoxy) is 1. The molecule has 76 valence electrons. The lowest BCUT2D eigenvalue weighted by Crippen LogP contribution is -2.32. The van der Waals surface area contributed by atoms with E-state index in [0.717, 1.165) is 19.8 Å². The molecule has 0 bridgehead atoms. The maximum Gasteiger partial charge on any atom is 0.0593 e. The first kappa shape index (κ1) is 9.47. The molecule has 0 radical (unpaired) electrons. The topological polar surface area (TPSA) is 12.5 Å². The van der Waals surface area contributed by atoms with Gasteiger partial charge in [-0.15, -0.1) is 0 Å². The number of hydrogen-bond acceptors (Lipinski definition) is 2. The Labute approximate surface area is 81.3 Å². The van der Waals surface area contributed by atoms with Gasteiger partial charge in [-0.2, -0.15) is 0 Å². The molecular formula is C11H21NO. The molecule has 0 aromatic heterocycles. The van der Waals surface area contributed by atoms with Gasteiger partial charge in [0.05, 0.1) is 6.61 Å². The van der Waals surface area contributed by atoms with Crippen molar-refractivity contribution in [2.75, 3.05) is 32.8 Å². The van der Waals surface area contributed by atoms with Crippen LogP contribution in [0.2, 0.25) is 0 Å². The van der Waals surface area contributed by atoms with E-state index in [2.05, 4.69) is 11.8 Å². The van der Waals surface area contributed by atoms with Crippen molar-refractivity contribution < 1.29 is 4.74 Å². The fraction of sp³-hybridized carbons (Fsp3) is 1.00. The minimum absolute atomic E-state index is 0.713. The summed E-state index contributed by atoms with van der Waals surface area (Å²) < 4.78 is 5.45. The highest BCUT2D eigenvalue weighted by atomic mass is 16.5. The molecule has 1 saturated carbocycles. The zero-order chi connectivity index (χ0) is 9.15. The molecule has 2 heteroatoms. The van der Waals surface area contributed by atoms with E-state index in [0.29, 0.717) is 5.41 Å². The molecule has 0 unspecified atom stereocenters. The molecule has 0 atom stereocenters. The highest BCUT2D eigenvalue weighted by Gasteiger charge is 2.41. The van der Waals surface area contributed by atoms with Crippen molar-refractivity contribution >= 4 is 0 Å². The summed E-state index contributed by atoms with van der Waals surface area (Å²) in [7, 11) is 0. The second-order valence-electron chi connectivity index (χ2n) is 4.60. The Hall–Kier alpha value is -0.0800. The third kappa shape index (κ3) is 2.44. The third-order valence-corrected chi connectivity index (χ3v) is 3.58. The van der Waals surface area contributed by atoms with Gasteiger partial charge < -0.3 is 9.64 Å². The van der Waals surface area contributed by atoms with Crippen LogP contribution >= 0.6 is 0 Å². The molecule has 0 aromatic rings. The van der Waals surface area contributed by atoms with Crippen molar-refractivity contribution in [1.82, 2.24) is 4.90 Å². The van der Waals surface area contributed by atoms with E-state index in [-0.39, 0.29) is 0 Å². The first-order valence-electron chi connectivity index (χ1n) is 5.65. The van der Waals surface area contributed by atoms with E-state index in [1.54, 1.807) is 0 Å². The molecular weight excluding hydrogens is 162 g/mol. The van der Waals surface area contributed by atoms with Gasteiger partial charge in [0.1, 0.15) is 0 Å². The van der Waals surface area contributed by atoms with Crippen LogP contribution in [-0.4, -0.2) is 37.7 Å². The molecule has 2 nitrogen and oxygen atoms in total. The van der Waals surface area contributed by atoms with E-state index < -0.39 is 0 Å². The normalized spacial score (nSPS) is 28.4. The first-order chi connectivity index (χ1) is 6.35. The highest BCUT2D eigenvalue weighted by Crippen LogP contribution is 2.49. The largest absolute Gasteiger partial charge is 0.380 e. The summed E-state index contributed by atoms with van der Waals surface area (Å²) >= 11 is 0. The second kappa shape index (κ2) is 3.97. The smallest absolute Gasteiger partial charge is 0.0593 e. The standard InChI is InChI=1S/C11H21NO/c1-2-11(4-5-11)10-12-6-3-8-13-9-7-12/h2-10H2,1H3. The van der Waals surface area contributed by atoms with Crippen LogP contribution in [0.1, 0.15) is 32.6 Å². The second-order valence-corrected chi connectivity index (χ2v) is 4.60. The quantitative estimate of drug-likeness (QED) is 0.662. The van der Waals surface area contributed by atoms with Gasteiger partial charge in [-0.05, 0) is 31.1 Å². The number of rotatable bonds is 3. The Morgan fingerprint density at radius 1 is 1.23 bits per heavy atom. The van der Waals surface area contributed by atoms with Crippen molar-refractivity contribution in [3.63, 3.8) is 0 Å². The predicted octanol–water partition coefficient (Wildman–Crippen LogP) is 1.90. The Balaban J connectivity index is 1.79. The molecule has 13 heavy (non-hydrogen) atoms. The summed E-state index contributed by atoms with van der Waals surface area (Å²) in [4.78, 5) is 2.60. The number of nitrogens with zero attached hydrogens (tertiary/aromatic N) is 1. The predicted molar refractivity (Wildman–Crippen MR) is 53.8 cm³/mol. The molecule has 2 fully saturated rings. The summed E-state index contributed by atoms with van der Waals surface area (Å²) in [6, 6.07) is 0. The Bertz CT molecular complexity index is 157. The Morgan fingerprint density at radius 3 is 2.77 bits per heavy atom. The van der Waals surface area contributed by atoms with Crippen molar-refractivity contribution in [3.8, 4) is 0 Å². The van der Waals surface area contributed by atoms with Gasteiger partial charge in [0.15, 0.2) is 0 Å². The molecule has 2 aliphatic rings. The van der Waals surface area contributed by atoms with Crippen molar-refractivity contribution in [3.05, 3.63) is 0 Å². The van der Waals surface area contributed by atoms with Crippen LogP contribution in [0.5, 0.6) is 0 Å². The lowest BCUT2D eigenvalue weighted by molar-refractivity contribution is 0.136. The zero-order valence-corrected chi connectivity index (χ0v) is 8.72. The molecule has 2 rings (SSSR count). The molecule has 0 N–H and O–H groups in total. The van der Waals surface area contributed by atoms with Gasteiger partial charge in [0.2, 0.25) is 0 Å². The first-order valence-corrected chi connectivity index (χ1v) is 5.65. The van der Waals surface area contributed by atoms with Gasteiger partial charge in [-0.25, -0.2) is 0 Å². The van der Waals surface area contributed by atoms with E-state index in [4.69, 9.17) is 4.74 Å². The highest BCUT2D eigenvalue weighted by molar-refractivity contribution is 4.94. The van der Waals surface area contributed by atoms with E-state index in [1.165, 1.54) is 38.8 Å². The van der Waals surface area contributed by atoms with Crippen molar-refractivity contribution in [2.45, 2.75) is 32.6 Å². The van der Waals surface area contributed by atoms with Crippen LogP contribution < -0.4 is 0 Å². The molecule has 1 aliphatic carbocycles. The third-order valence-electron chi connectivity index (χ3n) is 3.58. The SMILES string of the molecule is CCC1(CN2CCCOCC2)CC1. The van der Waals surface area contributed by atoms with Crippen molar-refractivity contribution in [2.24, 2.45) is 5.41 Å². The Kier molecular flexibility index (Phi) is 2.89. The van der Waals surface area contributed by atoms with Gasteiger partial charge in [-0.3, -0.25) is 0 Å². The van der Waals surface area contributed by atoms with Gasteiger partial charge >= 0.3 is 0 Å². The molecule has 0 aromatic carbocycles. The summed E-state index contributed by atoms with van der Waals surface area (Å²) in [5.74, 6) is 0. The molecule has 0 spiro atoms. The van der Waals surface area contributed by atoms with E-state index in [9.17, 15) is 0 Å². The van der Waals surface area contributed by atoms with Crippen LogP contribution in [0.15, 0.2) is 0 Å².